The highest BCUT2D eigenvalue weighted by Crippen LogP contribution is 2.45. The summed E-state index contributed by atoms with van der Waals surface area (Å²) in [6.07, 6.45) is 3.40. The minimum Gasteiger partial charge on any atom is -0.481 e. The maximum atomic E-state index is 11.8. The molecular weight excluding hydrogens is 260 g/mol. The number of aromatic amines is 1. The largest absolute Gasteiger partial charge is 0.481 e. The maximum Gasteiger partial charge on any atom is 0.315 e. The number of nitrogens with one attached hydrogen (secondary N) is 1. The average Bonchev–Trinajstić information content (AvgIpc) is 3.03. The third-order valence-electron chi connectivity index (χ3n) is 4.16. The molecule has 2 aromatic heterocycles. The molecule has 1 saturated carbocycles. The molecule has 4 nitrogen and oxygen atoms in total. The quantitative estimate of drug-likeness (QED) is 0.900. The molecular formula is C14H18N2O2S. The molecule has 0 unspecified atom stereocenters. The highest BCUT2D eigenvalue weighted by atomic mass is 32.1. The van der Waals surface area contributed by atoms with Crippen LogP contribution in [0, 0.1) is 0 Å². The first-order valence-electron chi connectivity index (χ1n) is 6.76. The van der Waals surface area contributed by atoms with Crippen LogP contribution in [0.25, 0.3) is 10.2 Å². The van der Waals surface area contributed by atoms with Crippen molar-refractivity contribution in [3.05, 3.63) is 16.6 Å². The second-order valence-corrected chi connectivity index (χ2v) is 6.79. The Morgan fingerprint density at radius 3 is 2.74 bits per heavy atom. The van der Waals surface area contributed by atoms with E-state index in [4.69, 9.17) is 0 Å². The number of rotatable bonds is 3. The number of hydrogen-bond acceptors (Lipinski definition) is 3. The normalized spacial score (nSPS) is 18.5. The van der Waals surface area contributed by atoms with Crippen LogP contribution in [0.5, 0.6) is 0 Å². The number of H-pyrrole nitrogens is 1. The number of carbonyl (C=O) groups is 1. The third kappa shape index (κ3) is 1.79. The van der Waals surface area contributed by atoms with Crippen LogP contribution in [0.1, 0.15) is 56.0 Å². The second-order valence-electron chi connectivity index (χ2n) is 5.71. The first kappa shape index (κ1) is 12.7. The molecule has 102 valence electrons. The van der Waals surface area contributed by atoms with Gasteiger partial charge in [0.05, 0.1) is 10.4 Å². The number of fused-ring (bicyclic) bond motifs is 1. The van der Waals surface area contributed by atoms with Crippen LogP contribution in [-0.2, 0) is 10.2 Å². The van der Waals surface area contributed by atoms with E-state index < -0.39 is 11.4 Å². The van der Waals surface area contributed by atoms with Crippen LogP contribution in [0.4, 0.5) is 0 Å². The van der Waals surface area contributed by atoms with Gasteiger partial charge in [0.1, 0.15) is 10.9 Å². The van der Waals surface area contributed by atoms with Crippen LogP contribution in [-0.4, -0.2) is 21.3 Å². The molecule has 0 radical (unpaired) electrons. The van der Waals surface area contributed by atoms with Crippen LogP contribution in [0.15, 0.2) is 6.07 Å². The Bertz CT molecular complexity index is 620. The number of nitrogens with zero attached hydrogens (tertiary/aromatic N) is 1. The van der Waals surface area contributed by atoms with E-state index in [1.807, 2.05) is 0 Å². The maximum absolute atomic E-state index is 11.8. The monoisotopic (exact) mass is 278 g/mol. The van der Waals surface area contributed by atoms with Crippen LogP contribution < -0.4 is 0 Å². The topological polar surface area (TPSA) is 66.0 Å². The molecule has 5 heteroatoms. The van der Waals surface area contributed by atoms with Gasteiger partial charge in [-0.15, -0.1) is 11.3 Å². The minimum atomic E-state index is -0.742. The van der Waals surface area contributed by atoms with Gasteiger partial charge in [-0.05, 0) is 24.8 Å². The van der Waals surface area contributed by atoms with Gasteiger partial charge in [-0.2, -0.15) is 5.10 Å². The summed E-state index contributed by atoms with van der Waals surface area (Å²) in [4.78, 5) is 13.0. The van der Waals surface area contributed by atoms with Crippen molar-refractivity contribution in [3.8, 4) is 0 Å². The van der Waals surface area contributed by atoms with E-state index in [0.717, 1.165) is 28.8 Å². The fourth-order valence-corrected chi connectivity index (χ4v) is 4.18. The van der Waals surface area contributed by atoms with Crippen LogP contribution in [0.2, 0.25) is 0 Å². The number of thiophene rings is 1. The molecule has 0 amide bonds. The van der Waals surface area contributed by atoms with Gasteiger partial charge in [-0.1, -0.05) is 26.7 Å². The Labute approximate surface area is 115 Å². The number of aromatic nitrogens is 2. The van der Waals surface area contributed by atoms with E-state index in [-0.39, 0.29) is 0 Å². The van der Waals surface area contributed by atoms with Gasteiger partial charge in [0.2, 0.25) is 0 Å². The van der Waals surface area contributed by atoms with E-state index >= 15 is 0 Å². The summed E-state index contributed by atoms with van der Waals surface area (Å²) < 4.78 is 1.04. The Balaban J connectivity index is 2.16. The van der Waals surface area contributed by atoms with Crippen LogP contribution in [0.3, 0.4) is 0 Å². The predicted molar refractivity (Wildman–Crippen MR) is 75.8 cm³/mol. The van der Waals surface area contributed by atoms with Gasteiger partial charge in [-0.3, -0.25) is 9.89 Å². The molecule has 2 heterocycles. The lowest BCUT2D eigenvalue weighted by atomic mass is 9.83. The van der Waals surface area contributed by atoms with Crippen molar-refractivity contribution in [3.63, 3.8) is 0 Å². The second kappa shape index (κ2) is 4.34. The lowest BCUT2D eigenvalue weighted by Gasteiger charge is -2.21. The first-order valence-corrected chi connectivity index (χ1v) is 7.58. The first-order chi connectivity index (χ1) is 9.04. The zero-order valence-electron chi connectivity index (χ0n) is 11.2. The van der Waals surface area contributed by atoms with Gasteiger partial charge < -0.3 is 5.11 Å². The summed E-state index contributed by atoms with van der Waals surface area (Å²) in [6, 6.07) is 2.08. The SMILES string of the molecule is CC(C)c1cc2n[nH]c(C3(C(=O)O)CCCC3)c2s1. The number of hydrogen-bond donors (Lipinski definition) is 2. The smallest absolute Gasteiger partial charge is 0.315 e. The lowest BCUT2D eigenvalue weighted by Crippen LogP contribution is -2.33. The van der Waals surface area contributed by atoms with E-state index in [9.17, 15) is 9.90 Å². The van der Waals surface area contributed by atoms with E-state index in [0.29, 0.717) is 18.8 Å². The average molecular weight is 278 g/mol. The van der Waals surface area contributed by atoms with Gasteiger partial charge in [0.25, 0.3) is 0 Å². The zero-order valence-corrected chi connectivity index (χ0v) is 12.0. The molecule has 2 N–H and O–H groups in total. The molecule has 0 atom stereocenters. The molecule has 2 aromatic rings. The fourth-order valence-electron chi connectivity index (χ4n) is 2.99. The zero-order chi connectivity index (χ0) is 13.6. The molecule has 19 heavy (non-hydrogen) atoms. The predicted octanol–water partition coefficient (Wildman–Crippen LogP) is 3.64. The molecule has 0 aliphatic heterocycles. The highest BCUT2D eigenvalue weighted by Gasteiger charge is 2.45. The summed E-state index contributed by atoms with van der Waals surface area (Å²) in [5.74, 6) is -0.258. The molecule has 3 rings (SSSR count). The van der Waals surface area contributed by atoms with Crippen LogP contribution >= 0.6 is 11.3 Å². The Kier molecular flexibility index (Phi) is 2.89. The molecule has 0 bridgehead atoms. The summed E-state index contributed by atoms with van der Waals surface area (Å²) in [6.45, 7) is 4.30. The van der Waals surface area contributed by atoms with Crippen molar-refractivity contribution in [2.75, 3.05) is 0 Å². The summed E-state index contributed by atoms with van der Waals surface area (Å²) >= 11 is 1.68. The summed E-state index contributed by atoms with van der Waals surface area (Å²) in [5.41, 5.74) is 0.994. The molecule has 1 aliphatic rings. The fraction of sp³-hybridized carbons (Fsp3) is 0.571. The molecule has 1 aliphatic carbocycles. The van der Waals surface area contributed by atoms with Crippen molar-refractivity contribution in [2.24, 2.45) is 0 Å². The van der Waals surface area contributed by atoms with Crippen molar-refractivity contribution < 1.29 is 9.90 Å². The van der Waals surface area contributed by atoms with E-state index in [1.54, 1.807) is 11.3 Å². The van der Waals surface area contributed by atoms with Gasteiger partial charge in [-0.25, -0.2) is 0 Å². The lowest BCUT2D eigenvalue weighted by molar-refractivity contribution is -0.143. The Morgan fingerprint density at radius 2 is 2.16 bits per heavy atom. The molecule has 0 saturated heterocycles. The molecule has 1 fully saturated rings. The molecule has 0 aromatic carbocycles. The standard InChI is InChI=1S/C14H18N2O2S/c1-8(2)10-7-9-11(19-10)12(16-15-9)14(13(17)18)5-3-4-6-14/h7-8H,3-6H2,1-2H3,(H,15,16)(H,17,18). The minimum absolute atomic E-state index is 0.455. The summed E-state index contributed by atoms with van der Waals surface area (Å²) in [7, 11) is 0. The Hall–Kier alpha value is -1.36. The number of carboxylic acids is 1. The van der Waals surface area contributed by atoms with Crippen molar-refractivity contribution in [1.82, 2.24) is 10.2 Å². The summed E-state index contributed by atoms with van der Waals surface area (Å²) in [5, 5.41) is 17.0. The van der Waals surface area contributed by atoms with E-state index in [2.05, 4.69) is 30.1 Å². The van der Waals surface area contributed by atoms with Gasteiger partial charge in [0.15, 0.2) is 0 Å². The molecule has 0 spiro atoms. The van der Waals surface area contributed by atoms with E-state index in [1.165, 1.54) is 4.88 Å². The highest BCUT2D eigenvalue weighted by molar-refractivity contribution is 7.19. The van der Waals surface area contributed by atoms with Crippen molar-refractivity contribution >= 4 is 27.5 Å². The van der Waals surface area contributed by atoms with Crippen molar-refractivity contribution in [2.45, 2.75) is 50.9 Å². The van der Waals surface area contributed by atoms with Gasteiger partial charge >= 0.3 is 5.97 Å². The van der Waals surface area contributed by atoms with Gasteiger partial charge in [0, 0.05) is 4.88 Å². The number of carboxylic acid groups (broad SMARTS) is 1. The number of aliphatic carboxylic acids is 1. The van der Waals surface area contributed by atoms with Crippen molar-refractivity contribution in [1.29, 1.82) is 0 Å². The third-order valence-corrected chi connectivity index (χ3v) is 5.60. The Morgan fingerprint density at radius 1 is 1.47 bits per heavy atom.